The fourth-order valence-electron chi connectivity index (χ4n) is 6.67. The van der Waals surface area contributed by atoms with Crippen LogP contribution in [-0.4, -0.2) is 28.7 Å². The van der Waals surface area contributed by atoms with Crippen molar-refractivity contribution in [2.45, 2.75) is 78.6 Å². The molecule has 234 valence electrons. The van der Waals surface area contributed by atoms with Crippen LogP contribution in [0.4, 0.5) is 5.69 Å². The zero-order valence-corrected chi connectivity index (χ0v) is 27.2. The Labute approximate surface area is 270 Å². The topological polar surface area (TPSA) is 79.5 Å². The minimum atomic E-state index is 0.713. The summed E-state index contributed by atoms with van der Waals surface area (Å²) in [5.74, 6) is 3.12. The molecule has 0 aliphatic rings. The van der Waals surface area contributed by atoms with E-state index in [0.717, 1.165) is 125 Å². The second kappa shape index (κ2) is 12.8. The van der Waals surface area contributed by atoms with Crippen molar-refractivity contribution in [2.24, 2.45) is 0 Å². The highest BCUT2D eigenvalue weighted by Gasteiger charge is 2.23. The summed E-state index contributed by atoms with van der Waals surface area (Å²) in [4.78, 5) is 15.4. The number of unbranched alkanes of at least 4 members (excludes halogenated alkanes) is 3. The van der Waals surface area contributed by atoms with E-state index in [2.05, 4.69) is 119 Å². The molecule has 7 rings (SSSR count). The second-order valence-corrected chi connectivity index (χ2v) is 12.3. The number of aromatic nitrogens is 6. The van der Waals surface area contributed by atoms with Gasteiger partial charge in [0.2, 0.25) is 0 Å². The van der Waals surface area contributed by atoms with E-state index in [9.17, 15) is 0 Å². The Morgan fingerprint density at radius 1 is 0.500 bits per heavy atom. The summed E-state index contributed by atoms with van der Waals surface area (Å²) in [6.07, 6.45) is 9.09. The number of hydrogen-bond donors (Lipinski definition) is 1. The van der Waals surface area contributed by atoms with Gasteiger partial charge in [0.25, 0.3) is 0 Å². The number of nitrogen functional groups attached to an aromatic ring is 1. The Morgan fingerprint density at radius 2 is 0.848 bits per heavy atom. The number of nitrogens with zero attached hydrogens (tertiary/aromatic N) is 6. The van der Waals surface area contributed by atoms with Crippen LogP contribution in [0.3, 0.4) is 0 Å². The molecule has 4 aromatic carbocycles. The fraction of sp³-hybridized carbons (Fsp3) is 0.308. The quantitative estimate of drug-likeness (QED) is 0.140. The molecule has 0 saturated heterocycles. The number of aryl methyl sites for hydroxylation is 3. The third-order valence-corrected chi connectivity index (χ3v) is 9.01. The number of rotatable bonds is 12. The number of nitrogens with two attached hydrogens (primary N) is 1. The summed E-state index contributed by atoms with van der Waals surface area (Å²) in [7, 11) is 0. The van der Waals surface area contributed by atoms with Gasteiger partial charge in [0.15, 0.2) is 0 Å². The van der Waals surface area contributed by atoms with Crippen LogP contribution >= 0.6 is 0 Å². The number of anilines is 1. The lowest BCUT2D eigenvalue weighted by Crippen LogP contribution is -2.12. The van der Waals surface area contributed by atoms with Crippen molar-refractivity contribution in [1.29, 1.82) is 0 Å². The van der Waals surface area contributed by atoms with Gasteiger partial charge in [-0.05, 0) is 67.8 Å². The summed E-state index contributed by atoms with van der Waals surface area (Å²) in [6.45, 7) is 6.69. The maximum atomic E-state index is 7.37. The summed E-state index contributed by atoms with van der Waals surface area (Å²) in [6, 6.07) is 29.7. The van der Waals surface area contributed by atoms with Crippen LogP contribution in [0, 0.1) is 0 Å². The van der Waals surface area contributed by atoms with E-state index >= 15 is 0 Å². The molecular weight excluding hydrogens is 566 g/mol. The molecule has 0 fully saturated rings. The number of benzene rings is 4. The van der Waals surface area contributed by atoms with Gasteiger partial charge >= 0.3 is 0 Å². The summed E-state index contributed by atoms with van der Waals surface area (Å²) in [5.41, 5.74) is 17.2. The predicted molar refractivity (Wildman–Crippen MR) is 191 cm³/mol. The van der Waals surface area contributed by atoms with Gasteiger partial charge in [0.1, 0.15) is 17.5 Å². The zero-order chi connectivity index (χ0) is 31.6. The largest absolute Gasteiger partial charge is 0.395 e. The van der Waals surface area contributed by atoms with Gasteiger partial charge in [-0.3, -0.25) is 13.7 Å². The molecular formula is C39H43N7. The molecule has 0 saturated carbocycles. The van der Waals surface area contributed by atoms with Crippen LogP contribution in [0.1, 0.15) is 76.8 Å². The minimum absolute atomic E-state index is 0.713. The van der Waals surface area contributed by atoms with Crippen LogP contribution in [-0.2, 0) is 19.3 Å². The van der Waals surface area contributed by atoms with Crippen LogP contribution < -0.4 is 5.73 Å². The highest BCUT2D eigenvalue weighted by molar-refractivity contribution is 5.87. The van der Waals surface area contributed by atoms with E-state index in [4.69, 9.17) is 20.7 Å². The van der Waals surface area contributed by atoms with Crippen molar-refractivity contribution in [1.82, 2.24) is 28.7 Å². The molecule has 0 aliphatic heterocycles. The lowest BCUT2D eigenvalue weighted by atomic mass is 10.1. The molecule has 0 spiro atoms. The number of para-hydroxylation sites is 6. The zero-order valence-electron chi connectivity index (χ0n) is 27.2. The number of fused-ring (bicyclic) bond motifs is 3. The Bertz CT molecular complexity index is 2040. The van der Waals surface area contributed by atoms with Gasteiger partial charge in [-0.25, -0.2) is 15.0 Å². The SMILES string of the molecule is CCCCc1nc2ccccc2n1-c1cc(-n2c(CCCC)nc3ccccc32)c(N)c(-n2c(CCCC)nc3ccccc32)c1. The van der Waals surface area contributed by atoms with Crippen molar-refractivity contribution in [3.05, 3.63) is 102 Å². The molecule has 0 aliphatic carbocycles. The Balaban J connectivity index is 1.58. The van der Waals surface area contributed by atoms with Crippen molar-refractivity contribution in [2.75, 3.05) is 5.73 Å². The smallest absolute Gasteiger partial charge is 0.114 e. The monoisotopic (exact) mass is 609 g/mol. The van der Waals surface area contributed by atoms with E-state index in [1.165, 1.54) is 0 Å². The predicted octanol–water partition coefficient (Wildman–Crippen LogP) is 9.31. The molecule has 0 amide bonds. The normalized spacial score (nSPS) is 11.8. The maximum absolute atomic E-state index is 7.37. The van der Waals surface area contributed by atoms with E-state index < -0.39 is 0 Å². The summed E-state index contributed by atoms with van der Waals surface area (Å²) < 4.78 is 6.93. The molecule has 3 heterocycles. The van der Waals surface area contributed by atoms with Crippen LogP contribution in [0.2, 0.25) is 0 Å². The van der Waals surface area contributed by atoms with Gasteiger partial charge in [0.05, 0.1) is 55.8 Å². The summed E-state index contributed by atoms with van der Waals surface area (Å²) in [5, 5.41) is 0. The first-order chi connectivity index (χ1) is 22.6. The highest BCUT2D eigenvalue weighted by atomic mass is 15.1. The third-order valence-electron chi connectivity index (χ3n) is 9.01. The molecule has 7 aromatic rings. The second-order valence-electron chi connectivity index (χ2n) is 12.3. The molecule has 7 nitrogen and oxygen atoms in total. The molecule has 0 radical (unpaired) electrons. The van der Waals surface area contributed by atoms with Crippen LogP contribution in [0.25, 0.3) is 50.2 Å². The van der Waals surface area contributed by atoms with E-state index in [0.29, 0.717) is 5.69 Å². The molecule has 3 aromatic heterocycles. The van der Waals surface area contributed by atoms with Crippen LogP contribution in [0.15, 0.2) is 84.9 Å². The van der Waals surface area contributed by atoms with Crippen LogP contribution in [0.5, 0.6) is 0 Å². The van der Waals surface area contributed by atoms with E-state index in [-0.39, 0.29) is 0 Å². The lowest BCUT2D eigenvalue weighted by Gasteiger charge is -2.21. The lowest BCUT2D eigenvalue weighted by molar-refractivity contribution is 0.737. The maximum Gasteiger partial charge on any atom is 0.114 e. The van der Waals surface area contributed by atoms with Gasteiger partial charge in [-0.2, -0.15) is 0 Å². The average Bonchev–Trinajstić information content (AvgIpc) is 3.76. The molecule has 46 heavy (non-hydrogen) atoms. The molecule has 0 unspecified atom stereocenters. The standard InChI is InChI=1S/C39H43N7/c1-4-7-22-36-41-28-16-10-13-19-31(28)44(36)27-25-34(45-32-20-14-11-17-29(32)42-37(45)23-8-5-2)39(40)35(26-27)46-33-21-15-12-18-30(33)43-38(46)24-9-6-3/h10-21,25-26H,4-9,22-24,40H2,1-3H3. The molecule has 2 N–H and O–H groups in total. The highest BCUT2D eigenvalue weighted by Crippen LogP contribution is 2.37. The number of hydrogen-bond acceptors (Lipinski definition) is 4. The van der Waals surface area contributed by atoms with Crippen molar-refractivity contribution in [3.8, 4) is 17.1 Å². The third kappa shape index (κ3) is 5.23. The number of imidazole rings is 3. The molecule has 0 atom stereocenters. The molecule has 0 bridgehead atoms. The fourth-order valence-corrected chi connectivity index (χ4v) is 6.67. The van der Waals surface area contributed by atoms with Gasteiger partial charge in [0, 0.05) is 19.3 Å². The molecule has 7 heteroatoms. The minimum Gasteiger partial charge on any atom is -0.395 e. The van der Waals surface area contributed by atoms with E-state index in [1.807, 2.05) is 0 Å². The van der Waals surface area contributed by atoms with Crippen molar-refractivity contribution in [3.63, 3.8) is 0 Å². The van der Waals surface area contributed by atoms with Gasteiger partial charge in [-0.1, -0.05) is 76.4 Å². The average molecular weight is 610 g/mol. The first-order valence-corrected chi connectivity index (χ1v) is 17.0. The van der Waals surface area contributed by atoms with E-state index in [1.54, 1.807) is 0 Å². The van der Waals surface area contributed by atoms with Gasteiger partial charge < -0.3 is 5.73 Å². The first kappa shape index (κ1) is 29.8. The van der Waals surface area contributed by atoms with Crippen molar-refractivity contribution < 1.29 is 0 Å². The van der Waals surface area contributed by atoms with Gasteiger partial charge in [-0.15, -0.1) is 0 Å². The Kier molecular flexibility index (Phi) is 8.31. The first-order valence-electron chi connectivity index (χ1n) is 17.0. The Morgan fingerprint density at radius 3 is 1.24 bits per heavy atom. The Hall–Kier alpha value is -4.91. The summed E-state index contributed by atoms with van der Waals surface area (Å²) >= 11 is 0. The van der Waals surface area contributed by atoms with Crippen molar-refractivity contribution >= 4 is 38.8 Å².